The van der Waals surface area contributed by atoms with E-state index in [1.165, 1.54) is 11.1 Å². The van der Waals surface area contributed by atoms with E-state index >= 15 is 0 Å². The molecule has 0 radical (unpaired) electrons. The van der Waals surface area contributed by atoms with Gasteiger partial charge in [0.05, 0.1) is 15.6 Å². The van der Waals surface area contributed by atoms with Crippen LogP contribution >= 0.6 is 23.2 Å². The molecule has 2 aliphatic heterocycles. The summed E-state index contributed by atoms with van der Waals surface area (Å²) < 4.78 is 0. The minimum atomic E-state index is -1.56. The molecule has 110 valence electrons. The Hall–Kier alpha value is -2.15. The van der Waals surface area contributed by atoms with Crippen LogP contribution in [-0.2, 0) is 10.6 Å². The lowest BCUT2D eigenvalue weighted by molar-refractivity contribution is -0.385. The van der Waals surface area contributed by atoms with Gasteiger partial charge in [0.25, 0.3) is 11.4 Å². The first-order chi connectivity index (χ1) is 10.5. The average Bonchev–Trinajstić information content (AvgIpc) is 3.16. The van der Waals surface area contributed by atoms with E-state index in [1.807, 2.05) is 0 Å². The van der Waals surface area contributed by atoms with Crippen LogP contribution in [0.1, 0.15) is 15.9 Å². The number of para-hydroxylation sites is 1. The van der Waals surface area contributed by atoms with Gasteiger partial charge in [0, 0.05) is 16.7 Å². The second-order valence-electron chi connectivity index (χ2n) is 4.91. The summed E-state index contributed by atoms with van der Waals surface area (Å²) in [6.07, 6.45) is 0. The lowest BCUT2D eigenvalue weighted by atomic mass is 9.97. The Morgan fingerprint density at radius 1 is 1.23 bits per heavy atom. The monoisotopic (exact) mass is 336 g/mol. The van der Waals surface area contributed by atoms with Crippen LogP contribution in [0.3, 0.4) is 0 Å². The van der Waals surface area contributed by atoms with Crippen LogP contribution in [-0.4, -0.2) is 10.7 Å². The molecule has 2 heterocycles. The van der Waals surface area contributed by atoms with Crippen LogP contribution in [0.4, 0.5) is 11.4 Å². The van der Waals surface area contributed by atoms with Gasteiger partial charge in [0.2, 0.25) is 5.78 Å². The van der Waals surface area contributed by atoms with Gasteiger partial charge in [-0.15, -0.1) is 0 Å². The largest absolute Gasteiger partial charge is 0.288 e. The molecule has 0 bridgehead atoms. The predicted octanol–water partition coefficient (Wildman–Crippen LogP) is 3.70. The summed E-state index contributed by atoms with van der Waals surface area (Å²) in [5, 5.41) is 12.8. The first kappa shape index (κ1) is 13.5. The number of halogens is 2. The fourth-order valence-corrected chi connectivity index (χ4v) is 3.40. The molecule has 1 fully saturated rings. The van der Waals surface area contributed by atoms with Crippen LogP contribution in [0, 0.1) is 10.1 Å². The Balaban J connectivity index is 1.97. The molecule has 1 atom stereocenters. The van der Waals surface area contributed by atoms with Crippen molar-refractivity contribution in [2.45, 2.75) is 5.72 Å². The number of hydrogen-bond acceptors (Lipinski definition) is 5. The number of carbonyl (C=O) groups excluding carboxylic acids is 1. The lowest BCUT2D eigenvalue weighted by Gasteiger charge is -2.09. The molecule has 2 aromatic carbocycles. The Bertz CT molecular complexity index is 870. The summed E-state index contributed by atoms with van der Waals surface area (Å²) in [4.78, 5) is 28.8. The zero-order valence-electron chi connectivity index (χ0n) is 10.7. The van der Waals surface area contributed by atoms with Gasteiger partial charge in [-0.1, -0.05) is 35.3 Å². The molecule has 1 saturated heterocycles. The zero-order chi connectivity index (χ0) is 15.6. The third-order valence-corrected chi connectivity index (χ3v) is 4.24. The topological polar surface area (TPSA) is 75.8 Å². The van der Waals surface area contributed by atoms with Gasteiger partial charge in [-0.25, -0.2) is 9.90 Å². The van der Waals surface area contributed by atoms with E-state index < -0.39 is 10.6 Å². The number of hydroxylamine groups is 1. The van der Waals surface area contributed by atoms with Crippen molar-refractivity contribution in [2.75, 3.05) is 5.06 Å². The highest BCUT2D eigenvalue weighted by atomic mass is 35.5. The van der Waals surface area contributed by atoms with Crippen molar-refractivity contribution in [3.8, 4) is 0 Å². The van der Waals surface area contributed by atoms with Gasteiger partial charge in [0.1, 0.15) is 5.56 Å². The number of ketones is 1. The van der Waals surface area contributed by atoms with Crippen molar-refractivity contribution >= 4 is 40.4 Å². The summed E-state index contributed by atoms with van der Waals surface area (Å²) in [6, 6.07) is 9.34. The summed E-state index contributed by atoms with van der Waals surface area (Å²) in [7, 11) is 0. The average molecular weight is 337 g/mol. The third kappa shape index (κ3) is 1.51. The van der Waals surface area contributed by atoms with Crippen molar-refractivity contribution in [1.82, 2.24) is 0 Å². The SMILES string of the molecule is O=C1c2ccccc2N2O[C@@]12c1c(Cl)cc(Cl)cc1[N+](=O)[O-]. The third-order valence-electron chi connectivity index (χ3n) is 3.72. The number of Topliss-reactive ketones (excluding diaryl/α,β-unsaturated/α-hetero) is 1. The predicted molar refractivity (Wildman–Crippen MR) is 79.1 cm³/mol. The van der Waals surface area contributed by atoms with Crippen LogP contribution in [0.5, 0.6) is 0 Å². The summed E-state index contributed by atoms with van der Waals surface area (Å²) in [5.74, 6) is -0.379. The first-order valence-electron chi connectivity index (χ1n) is 6.24. The van der Waals surface area contributed by atoms with Crippen molar-refractivity contribution < 1.29 is 14.6 Å². The minimum Gasteiger partial charge on any atom is -0.288 e. The molecular formula is C14H6Cl2N2O4. The standard InChI is InChI=1S/C14H6Cl2N2O4/c15-7-5-9(16)12(11(6-7)18(20)21)14-13(19)8-3-1-2-4-10(8)17(14)22-14/h1-6H/t14-,17?/m0/s1. The molecule has 4 rings (SSSR count). The molecular weight excluding hydrogens is 331 g/mol. The number of hydrogen-bond donors (Lipinski definition) is 0. The number of nitrogens with zero attached hydrogens (tertiary/aromatic N) is 2. The van der Waals surface area contributed by atoms with Crippen molar-refractivity contribution in [1.29, 1.82) is 0 Å². The summed E-state index contributed by atoms with van der Waals surface area (Å²) in [5.41, 5.74) is -0.902. The smallest absolute Gasteiger partial charge is 0.287 e. The first-order valence-corrected chi connectivity index (χ1v) is 6.99. The van der Waals surface area contributed by atoms with Crippen molar-refractivity contribution in [2.24, 2.45) is 0 Å². The van der Waals surface area contributed by atoms with Crippen molar-refractivity contribution in [3.05, 3.63) is 67.7 Å². The summed E-state index contributed by atoms with van der Waals surface area (Å²) in [6.45, 7) is 0. The van der Waals surface area contributed by atoms with Gasteiger partial charge in [-0.3, -0.25) is 14.9 Å². The molecule has 0 N–H and O–H groups in total. The number of fused-ring (bicyclic) bond motifs is 3. The van der Waals surface area contributed by atoms with Crippen LogP contribution in [0.15, 0.2) is 36.4 Å². The Morgan fingerprint density at radius 3 is 2.64 bits per heavy atom. The number of carbonyl (C=O) groups is 1. The lowest BCUT2D eigenvalue weighted by Crippen LogP contribution is -2.23. The van der Waals surface area contributed by atoms with Crippen molar-refractivity contribution in [3.63, 3.8) is 0 Å². The Kier molecular flexibility index (Phi) is 2.57. The molecule has 0 spiro atoms. The fourth-order valence-electron chi connectivity index (χ4n) is 2.79. The van der Waals surface area contributed by atoms with Crippen LogP contribution in [0.25, 0.3) is 0 Å². The molecule has 0 aromatic heterocycles. The molecule has 0 amide bonds. The molecule has 22 heavy (non-hydrogen) atoms. The maximum Gasteiger partial charge on any atom is 0.287 e. The number of anilines is 1. The van der Waals surface area contributed by atoms with Gasteiger partial charge in [-0.05, 0) is 18.2 Å². The Morgan fingerprint density at radius 2 is 1.95 bits per heavy atom. The zero-order valence-corrected chi connectivity index (χ0v) is 12.3. The van der Waals surface area contributed by atoms with E-state index in [9.17, 15) is 14.9 Å². The molecule has 8 heteroatoms. The molecule has 0 unspecified atom stereocenters. The molecule has 6 nitrogen and oxygen atoms in total. The van der Waals surface area contributed by atoms with Crippen LogP contribution in [0.2, 0.25) is 10.0 Å². The maximum absolute atomic E-state index is 12.7. The second kappa shape index (κ2) is 4.19. The van der Waals surface area contributed by atoms with Gasteiger partial charge >= 0.3 is 0 Å². The molecule has 0 saturated carbocycles. The van der Waals surface area contributed by atoms with E-state index in [1.54, 1.807) is 24.3 Å². The van der Waals surface area contributed by atoms with E-state index in [0.29, 0.717) is 11.3 Å². The molecule has 2 aromatic rings. The van der Waals surface area contributed by atoms with Gasteiger partial charge in [0.15, 0.2) is 0 Å². The maximum atomic E-state index is 12.7. The molecule has 0 aliphatic carbocycles. The van der Waals surface area contributed by atoms with E-state index in [4.69, 9.17) is 28.0 Å². The number of rotatable bonds is 2. The van der Waals surface area contributed by atoms with E-state index in [0.717, 1.165) is 6.07 Å². The molecule has 2 aliphatic rings. The second-order valence-corrected chi connectivity index (χ2v) is 5.76. The van der Waals surface area contributed by atoms with Crippen LogP contribution < -0.4 is 5.06 Å². The highest BCUT2D eigenvalue weighted by Crippen LogP contribution is 2.60. The van der Waals surface area contributed by atoms with E-state index in [2.05, 4.69) is 0 Å². The van der Waals surface area contributed by atoms with Gasteiger partial charge < -0.3 is 0 Å². The highest BCUT2D eigenvalue weighted by molar-refractivity contribution is 6.36. The fraction of sp³-hybridized carbons (Fsp3) is 0.0714. The normalized spacial score (nSPS) is 21.5. The minimum absolute atomic E-state index is 0.00441. The van der Waals surface area contributed by atoms with Gasteiger partial charge in [-0.2, -0.15) is 0 Å². The number of benzene rings is 2. The summed E-state index contributed by atoms with van der Waals surface area (Å²) >= 11 is 12.0. The Labute approximate surface area is 133 Å². The number of nitro benzene ring substituents is 1. The highest BCUT2D eigenvalue weighted by Gasteiger charge is 2.71. The number of nitro groups is 1. The quantitative estimate of drug-likeness (QED) is 0.474. The van der Waals surface area contributed by atoms with E-state index in [-0.39, 0.29) is 27.1 Å².